The minimum absolute atomic E-state index is 0.000653. The molecule has 168 valence electrons. The van der Waals surface area contributed by atoms with Crippen molar-refractivity contribution in [3.8, 4) is 17.0 Å². The summed E-state index contributed by atoms with van der Waals surface area (Å²) in [7, 11) is -5.77. The SMILES string of the molecule is CCCS(=O)(=O)Nc1cncc(-c2cnc3cc(OC)c(S(=O)(=O)C(C)(C)C)cn23)c1. The van der Waals surface area contributed by atoms with Crippen LogP contribution < -0.4 is 9.46 Å². The van der Waals surface area contributed by atoms with Crippen molar-refractivity contribution < 1.29 is 21.6 Å². The van der Waals surface area contributed by atoms with Gasteiger partial charge >= 0.3 is 0 Å². The van der Waals surface area contributed by atoms with Gasteiger partial charge in [0, 0.05) is 24.0 Å². The molecular formula is C20H26N4O5S2. The molecule has 0 aliphatic rings. The van der Waals surface area contributed by atoms with Gasteiger partial charge < -0.3 is 4.74 Å². The third-order valence-electron chi connectivity index (χ3n) is 4.67. The number of nitrogens with zero attached hydrogens (tertiary/aromatic N) is 3. The first-order valence-corrected chi connectivity index (χ1v) is 12.8. The second-order valence-corrected chi connectivity index (χ2v) is 12.6. The molecule has 0 aromatic carbocycles. The Morgan fingerprint density at radius 3 is 2.42 bits per heavy atom. The van der Waals surface area contributed by atoms with Crippen molar-refractivity contribution in [2.45, 2.75) is 43.8 Å². The maximum atomic E-state index is 13.1. The number of sulfonamides is 1. The Hall–Kier alpha value is -2.66. The van der Waals surface area contributed by atoms with E-state index in [0.717, 1.165) is 0 Å². The van der Waals surface area contributed by atoms with Gasteiger partial charge in [0.25, 0.3) is 0 Å². The zero-order chi connectivity index (χ0) is 23.0. The summed E-state index contributed by atoms with van der Waals surface area (Å²) in [4.78, 5) is 8.51. The molecule has 3 heterocycles. The van der Waals surface area contributed by atoms with Gasteiger partial charge in [-0.05, 0) is 33.3 Å². The standard InChI is InChI=1S/C20H26N4O5S2/c1-6-7-30(25,26)23-15-8-14(10-21-11-15)16-12-22-19-9-17(29-5)18(13-24(16)19)31(27,28)20(2,3)4/h8-13,23H,6-7H2,1-5H3. The molecular weight excluding hydrogens is 440 g/mol. The minimum atomic E-state index is -3.71. The molecule has 0 fully saturated rings. The van der Waals surface area contributed by atoms with E-state index in [1.54, 1.807) is 56.6 Å². The number of methoxy groups -OCH3 is 1. The normalized spacial score (nSPS) is 12.8. The minimum Gasteiger partial charge on any atom is -0.495 e. The summed E-state index contributed by atoms with van der Waals surface area (Å²) in [5.74, 6) is 0.208. The van der Waals surface area contributed by atoms with Crippen molar-refractivity contribution in [3.63, 3.8) is 0 Å². The van der Waals surface area contributed by atoms with E-state index in [1.165, 1.54) is 19.5 Å². The summed E-state index contributed by atoms with van der Waals surface area (Å²) in [5.41, 5.74) is 1.94. The Morgan fingerprint density at radius 2 is 1.81 bits per heavy atom. The molecule has 0 saturated heterocycles. The molecule has 0 amide bonds. The van der Waals surface area contributed by atoms with E-state index < -0.39 is 24.6 Å². The molecule has 3 aromatic heterocycles. The highest BCUT2D eigenvalue weighted by atomic mass is 32.2. The number of nitrogens with one attached hydrogen (secondary N) is 1. The molecule has 9 nitrogen and oxygen atoms in total. The van der Waals surface area contributed by atoms with E-state index in [1.807, 2.05) is 0 Å². The van der Waals surface area contributed by atoms with Crippen LogP contribution in [-0.2, 0) is 19.9 Å². The predicted molar refractivity (Wildman–Crippen MR) is 120 cm³/mol. The van der Waals surface area contributed by atoms with Gasteiger partial charge in [-0.3, -0.25) is 14.1 Å². The van der Waals surface area contributed by atoms with Crippen molar-refractivity contribution in [2.75, 3.05) is 17.6 Å². The molecule has 0 bridgehead atoms. The average Bonchev–Trinajstić information content (AvgIpc) is 3.08. The summed E-state index contributed by atoms with van der Waals surface area (Å²) < 4.78 is 58.8. The Morgan fingerprint density at radius 1 is 1.10 bits per heavy atom. The van der Waals surface area contributed by atoms with Crippen molar-refractivity contribution in [1.82, 2.24) is 14.4 Å². The van der Waals surface area contributed by atoms with Crippen LogP contribution in [0.3, 0.4) is 0 Å². The average molecular weight is 467 g/mol. The Labute approximate surface area is 182 Å². The number of hydrogen-bond donors (Lipinski definition) is 1. The Bertz CT molecular complexity index is 1320. The van der Waals surface area contributed by atoms with Gasteiger partial charge in [0.15, 0.2) is 9.84 Å². The van der Waals surface area contributed by atoms with Gasteiger partial charge in [0.05, 0.1) is 41.4 Å². The van der Waals surface area contributed by atoms with Gasteiger partial charge in [0.2, 0.25) is 10.0 Å². The van der Waals surface area contributed by atoms with E-state index in [0.29, 0.717) is 29.0 Å². The summed E-state index contributed by atoms with van der Waals surface area (Å²) >= 11 is 0. The third kappa shape index (κ3) is 4.52. The molecule has 3 aromatic rings. The van der Waals surface area contributed by atoms with Crippen molar-refractivity contribution in [1.29, 1.82) is 0 Å². The summed E-state index contributed by atoms with van der Waals surface area (Å²) in [5, 5.41) is 0. The van der Waals surface area contributed by atoms with Crippen LogP contribution in [0.25, 0.3) is 16.9 Å². The molecule has 0 aliphatic carbocycles. The number of fused-ring (bicyclic) bond motifs is 1. The lowest BCUT2D eigenvalue weighted by molar-refractivity contribution is 0.401. The van der Waals surface area contributed by atoms with Gasteiger partial charge in [0.1, 0.15) is 16.3 Å². The first-order chi connectivity index (χ1) is 14.4. The zero-order valence-electron chi connectivity index (χ0n) is 18.1. The number of hydrogen-bond acceptors (Lipinski definition) is 7. The van der Waals surface area contributed by atoms with Crippen LogP contribution in [0.1, 0.15) is 34.1 Å². The molecule has 0 aliphatic heterocycles. The van der Waals surface area contributed by atoms with E-state index in [9.17, 15) is 16.8 Å². The number of ether oxygens (including phenoxy) is 1. The quantitative estimate of drug-likeness (QED) is 0.568. The fourth-order valence-electron chi connectivity index (χ4n) is 3.03. The van der Waals surface area contributed by atoms with Crippen LogP contribution >= 0.6 is 0 Å². The van der Waals surface area contributed by atoms with Gasteiger partial charge in [-0.2, -0.15) is 0 Å². The topological polar surface area (TPSA) is 120 Å². The van der Waals surface area contributed by atoms with E-state index in [2.05, 4.69) is 14.7 Å². The second-order valence-electron chi connectivity index (χ2n) is 8.08. The fourth-order valence-corrected chi connectivity index (χ4v) is 5.45. The first kappa shape index (κ1) is 23.0. The molecule has 11 heteroatoms. The number of sulfone groups is 1. The first-order valence-electron chi connectivity index (χ1n) is 9.65. The maximum absolute atomic E-state index is 13.1. The lowest BCUT2D eigenvalue weighted by Gasteiger charge is -2.21. The molecule has 0 saturated carbocycles. The molecule has 0 unspecified atom stereocenters. The van der Waals surface area contributed by atoms with Crippen LogP contribution in [0, 0.1) is 0 Å². The smallest absolute Gasteiger partial charge is 0.232 e. The molecule has 1 N–H and O–H groups in total. The van der Waals surface area contributed by atoms with Crippen LogP contribution in [0.2, 0.25) is 0 Å². The highest BCUT2D eigenvalue weighted by Gasteiger charge is 2.34. The van der Waals surface area contributed by atoms with Gasteiger partial charge in [-0.25, -0.2) is 21.8 Å². The predicted octanol–water partition coefficient (Wildman–Crippen LogP) is 3.13. The second kappa shape index (κ2) is 8.12. The fraction of sp³-hybridized carbons (Fsp3) is 0.400. The number of rotatable bonds is 7. The summed E-state index contributed by atoms with van der Waals surface area (Å²) in [6.45, 7) is 6.65. The van der Waals surface area contributed by atoms with Crippen LogP contribution in [0.15, 0.2) is 41.8 Å². The number of imidazole rings is 1. The summed E-state index contributed by atoms with van der Waals surface area (Å²) in [6, 6.07) is 3.19. The number of anilines is 1. The highest BCUT2D eigenvalue weighted by Crippen LogP contribution is 2.34. The highest BCUT2D eigenvalue weighted by molar-refractivity contribution is 7.93. The molecule has 3 rings (SSSR count). The third-order valence-corrected chi connectivity index (χ3v) is 8.66. The maximum Gasteiger partial charge on any atom is 0.232 e. The van der Waals surface area contributed by atoms with Crippen molar-refractivity contribution >= 4 is 31.2 Å². The largest absolute Gasteiger partial charge is 0.495 e. The van der Waals surface area contributed by atoms with Crippen molar-refractivity contribution in [2.24, 2.45) is 0 Å². The number of aromatic nitrogens is 3. The summed E-state index contributed by atoms with van der Waals surface area (Å²) in [6.07, 6.45) is 6.51. The van der Waals surface area contributed by atoms with Crippen LogP contribution in [0.5, 0.6) is 5.75 Å². The molecule has 0 spiro atoms. The van der Waals surface area contributed by atoms with E-state index in [-0.39, 0.29) is 16.4 Å². The number of pyridine rings is 2. The zero-order valence-corrected chi connectivity index (χ0v) is 19.7. The van der Waals surface area contributed by atoms with E-state index in [4.69, 9.17) is 4.74 Å². The van der Waals surface area contributed by atoms with Crippen LogP contribution in [0.4, 0.5) is 5.69 Å². The lowest BCUT2D eigenvalue weighted by atomic mass is 10.2. The van der Waals surface area contributed by atoms with Gasteiger partial charge in [-0.15, -0.1) is 0 Å². The lowest BCUT2D eigenvalue weighted by Crippen LogP contribution is -2.28. The molecule has 31 heavy (non-hydrogen) atoms. The van der Waals surface area contributed by atoms with E-state index >= 15 is 0 Å². The monoisotopic (exact) mass is 466 g/mol. The van der Waals surface area contributed by atoms with Crippen molar-refractivity contribution in [3.05, 3.63) is 36.9 Å². The molecule has 0 atom stereocenters. The van der Waals surface area contributed by atoms with Gasteiger partial charge in [-0.1, -0.05) is 6.92 Å². The molecule has 0 radical (unpaired) electrons. The Balaban J connectivity index is 2.15. The Kier molecular flexibility index (Phi) is 6.03. The van der Waals surface area contributed by atoms with Crippen LogP contribution in [-0.4, -0.2) is 48.8 Å².